The van der Waals surface area contributed by atoms with Crippen molar-refractivity contribution in [2.45, 2.75) is 63.4 Å². The van der Waals surface area contributed by atoms with Gasteiger partial charge in [-0.3, -0.25) is 0 Å². The third-order valence-electron chi connectivity index (χ3n) is 3.54. The van der Waals surface area contributed by atoms with Crippen LogP contribution in [-0.2, 0) is 9.47 Å². The predicted octanol–water partition coefficient (Wildman–Crippen LogP) is 1.01. The van der Waals surface area contributed by atoms with Gasteiger partial charge < -0.3 is 24.8 Å². The number of aliphatic hydroxyl groups is 3. The fourth-order valence-electron chi connectivity index (χ4n) is 2.36. The lowest BCUT2D eigenvalue weighted by molar-refractivity contribution is -0.0938. The van der Waals surface area contributed by atoms with Gasteiger partial charge in [0.25, 0.3) is 0 Å². The van der Waals surface area contributed by atoms with Gasteiger partial charge in [0.2, 0.25) is 0 Å². The van der Waals surface area contributed by atoms with Gasteiger partial charge in [0.1, 0.15) is 24.4 Å². The van der Waals surface area contributed by atoms with E-state index in [1.54, 1.807) is 0 Å². The number of hydrogen-bond acceptors (Lipinski definition) is 5. The Morgan fingerprint density at radius 3 is 2.75 bits per heavy atom. The van der Waals surface area contributed by atoms with E-state index in [0.717, 1.165) is 19.3 Å². The molecule has 0 amide bonds. The van der Waals surface area contributed by atoms with Crippen molar-refractivity contribution in [2.24, 2.45) is 0 Å². The minimum Gasteiger partial charge on any atom is -0.394 e. The maximum atomic E-state index is 9.75. The monoisotopic (exact) mass is 288 g/mol. The van der Waals surface area contributed by atoms with Gasteiger partial charge in [0.05, 0.1) is 13.2 Å². The minimum atomic E-state index is -1.00. The third kappa shape index (κ3) is 5.89. The van der Waals surface area contributed by atoms with Crippen molar-refractivity contribution in [1.29, 1.82) is 0 Å². The fraction of sp³-hybridized carbons (Fsp3) is 0.867. The van der Waals surface area contributed by atoms with E-state index in [-0.39, 0.29) is 13.2 Å². The summed E-state index contributed by atoms with van der Waals surface area (Å²) in [6, 6.07) is 0. The van der Waals surface area contributed by atoms with Crippen LogP contribution >= 0.6 is 0 Å². The second-order valence-electron chi connectivity index (χ2n) is 5.22. The van der Waals surface area contributed by atoms with Gasteiger partial charge in [-0.2, -0.15) is 0 Å². The molecule has 3 N–H and O–H groups in total. The topological polar surface area (TPSA) is 79.2 Å². The molecular weight excluding hydrogens is 260 g/mol. The zero-order valence-corrected chi connectivity index (χ0v) is 12.3. The maximum absolute atomic E-state index is 9.75. The summed E-state index contributed by atoms with van der Waals surface area (Å²) in [5.74, 6) is 0. The number of allylic oxidation sites excluding steroid dienone is 2. The molecule has 0 aliphatic carbocycles. The Morgan fingerprint density at radius 1 is 1.30 bits per heavy atom. The molecule has 118 valence electrons. The molecule has 1 fully saturated rings. The summed E-state index contributed by atoms with van der Waals surface area (Å²) in [5, 5.41) is 28.3. The van der Waals surface area contributed by atoms with E-state index in [1.165, 1.54) is 12.8 Å². The van der Waals surface area contributed by atoms with Gasteiger partial charge in [0.15, 0.2) is 0 Å². The highest BCUT2D eigenvalue weighted by atomic mass is 16.6. The lowest BCUT2D eigenvalue weighted by atomic mass is 10.1. The average molecular weight is 288 g/mol. The zero-order valence-electron chi connectivity index (χ0n) is 12.3. The van der Waals surface area contributed by atoms with E-state index < -0.39 is 24.4 Å². The fourth-order valence-corrected chi connectivity index (χ4v) is 2.36. The smallest absolute Gasteiger partial charge is 0.114 e. The Balaban J connectivity index is 2.13. The molecule has 0 aromatic heterocycles. The molecule has 0 radical (unpaired) electrons. The van der Waals surface area contributed by atoms with Gasteiger partial charge in [-0.1, -0.05) is 25.0 Å². The number of aliphatic hydroxyl groups excluding tert-OH is 3. The van der Waals surface area contributed by atoms with Crippen LogP contribution in [0.5, 0.6) is 0 Å². The van der Waals surface area contributed by atoms with Crippen LogP contribution in [0.3, 0.4) is 0 Å². The van der Waals surface area contributed by atoms with Crippen molar-refractivity contribution in [3.63, 3.8) is 0 Å². The van der Waals surface area contributed by atoms with Crippen molar-refractivity contribution < 1.29 is 24.8 Å². The predicted molar refractivity (Wildman–Crippen MR) is 76.5 cm³/mol. The normalized spacial score (nSPS) is 28.3. The largest absolute Gasteiger partial charge is 0.394 e. The van der Waals surface area contributed by atoms with Crippen molar-refractivity contribution in [1.82, 2.24) is 0 Å². The zero-order chi connectivity index (χ0) is 14.8. The molecule has 0 bridgehead atoms. The molecule has 1 aliphatic heterocycles. The van der Waals surface area contributed by atoms with E-state index in [4.69, 9.17) is 14.6 Å². The highest BCUT2D eigenvalue weighted by Crippen LogP contribution is 2.21. The average Bonchev–Trinajstić information content (AvgIpc) is 2.82. The van der Waals surface area contributed by atoms with Gasteiger partial charge in [-0.05, 0) is 26.2 Å². The van der Waals surface area contributed by atoms with Crippen molar-refractivity contribution in [3.8, 4) is 0 Å². The van der Waals surface area contributed by atoms with Gasteiger partial charge >= 0.3 is 0 Å². The molecule has 1 saturated heterocycles. The van der Waals surface area contributed by atoms with Gasteiger partial charge in [0, 0.05) is 6.61 Å². The van der Waals surface area contributed by atoms with Gasteiger partial charge in [-0.15, -0.1) is 0 Å². The summed E-state index contributed by atoms with van der Waals surface area (Å²) in [5.41, 5.74) is 0. The molecular formula is C15H28O5. The Bertz CT molecular complexity index is 269. The van der Waals surface area contributed by atoms with Crippen molar-refractivity contribution in [2.75, 3.05) is 19.8 Å². The first kappa shape index (κ1) is 17.6. The second-order valence-corrected chi connectivity index (χ2v) is 5.22. The molecule has 0 unspecified atom stereocenters. The van der Waals surface area contributed by atoms with E-state index in [9.17, 15) is 10.2 Å². The number of hydrogen-bond donors (Lipinski definition) is 3. The van der Waals surface area contributed by atoms with E-state index in [1.807, 2.05) is 6.92 Å². The SMILES string of the molecule is C/C=C/CCCCCCO[C@H]1[C@@H]([C@H](O)CO)OC[C@@H]1O. The first-order valence-electron chi connectivity index (χ1n) is 7.52. The molecule has 1 aliphatic rings. The highest BCUT2D eigenvalue weighted by molar-refractivity contribution is 4.89. The molecule has 5 nitrogen and oxygen atoms in total. The molecule has 0 saturated carbocycles. The van der Waals surface area contributed by atoms with Crippen LogP contribution in [0.4, 0.5) is 0 Å². The molecule has 0 aromatic carbocycles. The van der Waals surface area contributed by atoms with Crippen LogP contribution in [0, 0.1) is 0 Å². The molecule has 20 heavy (non-hydrogen) atoms. The molecule has 0 spiro atoms. The Kier molecular flexibility index (Phi) is 9.05. The van der Waals surface area contributed by atoms with Crippen LogP contribution in [0.2, 0.25) is 0 Å². The summed E-state index contributed by atoms with van der Waals surface area (Å²) < 4.78 is 10.9. The lowest BCUT2D eigenvalue weighted by Gasteiger charge is -2.23. The van der Waals surface area contributed by atoms with E-state index >= 15 is 0 Å². The van der Waals surface area contributed by atoms with Crippen molar-refractivity contribution in [3.05, 3.63) is 12.2 Å². The Morgan fingerprint density at radius 2 is 2.05 bits per heavy atom. The third-order valence-corrected chi connectivity index (χ3v) is 3.54. The lowest BCUT2D eigenvalue weighted by Crippen LogP contribution is -2.42. The van der Waals surface area contributed by atoms with Crippen LogP contribution < -0.4 is 0 Å². The molecule has 1 rings (SSSR count). The maximum Gasteiger partial charge on any atom is 0.114 e. The summed E-state index contributed by atoms with van der Waals surface area (Å²) in [7, 11) is 0. The highest BCUT2D eigenvalue weighted by Gasteiger charge is 2.40. The first-order valence-corrected chi connectivity index (χ1v) is 7.52. The minimum absolute atomic E-state index is 0.149. The molecule has 5 heteroatoms. The van der Waals surface area contributed by atoms with Crippen LogP contribution in [0.25, 0.3) is 0 Å². The molecule has 4 atom stereocenters. The van der Waals surface area contributed by atoms with Crippen molar-refractivity contribution >= 4 is 0 Å². The first-order chi connectivity index (χ1) is 9.70. The number of unbranched alkanes of at least 4 members (excludes halogenated alkanes) is 4. The Hall–Kier alpha value is -0.460. The van der Waals surface area contributed by atoms with Crippen LogP contribution in [0.15, 0.2) is 12.2 Å². The van der Waals surface area contributed by atoms with E-state index in [0.29, 0.717) is 6.61 Å². The number of rotatable bonds is 10. The number of ether oxygens (including phenoxy) is 2. The van der Waals surface area contributed by atoms with Crippen LogP contribution in [-0.4, -0.2) is 59.6 Å². The molecule has 1 heterocycles. The summed E-state index contributed by atoms with van der Waals surface area (Å²) >= 11 is 0. The summed E-state index contributed by atoms with van der Waals surface area (Å²) in [6.07, 6.45) is 6.83. The van der Waals surface area contributed by atoms with E-state index in [2.05, 4.69) is 12.2 Å². The molecule has 0 aromatic rings. The van der Waals surface area contributed by atoms with Crippen LogP contribution in [0.1, 0.15) is 39.0 Å². The quantitative estimate of drug-likeness (QED) is 0.413. The summed E-state index contributed by atoms with van der Waals surface area (Å²) in [6.45, 7) is 2.33. The standard InChI is InChI=1S/C15H28O5/c1-2-3-4-5-6-7-8-9-19-15-13(18)11-20-14(15)12(17)10-16/h2-3,12-18H,4-11H2,1H3/b3-2+/t12-,13+,14-,15-/m1/s1. The van der Waals surface area contributed by atoms with Gasteiger partial charge in [-0.25, -0.2) is 0 Å². The summed E-state index contributed by atoms with van der Waals surface area (Å²) in [4.78, 5) is 0. The Labute approximate surface area is 121 Å². The second kappa shape index (κ2) is 10.3.